The average Bonchev–Trinajstić information content (AvgIpc) is 2.94. The molecule has 2 atom stereocenters. The van der Waals surface area contributed by atoms with E-state index in [2.05, 4.69) is 15.2 Å². The lowest BCUT2D eigenvalue weighted by atomic mass is 10.3. The monoisotopic (exact) mass is 312 g/mol. The predicted octanol–water partition coefficient (Wildman–Crippen LogP) is -0.0574. The van der Waals surface area contributed by atoms with Crippen LogP contribution in [0.1, 0.15) is 23.0 Å². The first-order valence-corrected chi connectivity index (χ1v) is 7.91. The van der Waals surface area contributed by atoms with Gasteiger partial charge in [-0.15, -0.1) is 0 Å². The molecule has 1 aliphatic heterocycles. The Balaban J connectivity index is 2.03. The molecule has 0 aliphatic carbocycles. The number of anilines is 2. The number of hydrogen-bond donors (Lipinski definition) is 3. The van der Waals surface area contributed by atoms with Gasteiger partial charge in [-0.05, 0) is 27.4 Å². The number of amides is 1. The molecular formula is C13H24N6OS. The normalized spacial score (nSPS) is 20.0. The molecule has 5 N–H and O–H groups in total. The van der Waals surface area contributed by atoms with Gasteiger partial charge in [-0.1, -0.05) is 11.3 Å². The molecule has 1 aromatic heterocycles. The van der Waals surface area contributed by atoms with E-state index >= 15 is 0 Å². The van der Waals surface area contributed by atoms with Crippen molar-refractivity contribution in [2.75, 3.05) is 44.4 Å². The standard InChI is InChI=1S/C13H24N6OS/c1-8(6-18(2)3)16-12(20)10-11(15)17-13(21-10)19-5-4-9(14)7-19/h8-9H,4-7,14-15H2,1-3H3,(H,16,20). The summed E-state index contributed by atoms with van der Waals surface area (Å²) in [6.07, 6.45) is 0.945. The molecule has 7 nitrogen and oxygen atoms in total. The van der Waals surface area contributed by atoms with E-state index in [1.807, 2.05) is 25.9 Å². The second-order valence-electron chi connectivity index (χ2n) is 5.84. The molecular weight excluding hydrogens is 288 g/mol. The van der Waals surface area contributed by atoms with Gasteiger partial charge in [0.25, 0.3) is 5.91 Å². The van der Waals surface area contributed by atoms with E-state index in [1.54, 1.807) is 0 Å². The zero-order valence-electron chi connectivity index (χ0n) is 12.8. The minimum atomic E-state index is -0.158. The number of thiazole rings is 1. The molecule has 2 heterocycles. The fourth-order valence-corrected chi connectivity index (χ4v) is 3.39. The number of nitrogen functional groups attached to an aromatic ring is 1. The van der Waals surface area contributed by atoms with Crippen LogP contribution in [-0.4, -0.2) is 61.6 Å². The fourth-order valence-electron chi connectivity index (χ4n) is 2.46. The van der Waals surface area contributed by atoms with E-state index in [0.717, 1.165) is 31.2 Å². The summed E-state index contributed by atoms with van der Waals surface area (Å²) in [5.41, 5.74) is 11.8. The first kappa shape index (κ1) is 16.0. The number of nitrogens with two attached hydrogens (primary N) is 2. The molecule has 21 heavy (non-hydrogen) atoms. The van der Waals surface area contributed by atoms with E-state index in [0.29, 0.717) is 10.7 Å². The van der Waals surface area contributed by atoms with E-state index in [1.165, 1.54) is 11.3 Å². The zero-order valence-corrected chi connectivity index (χ0v) is 13.6. The molecule has 2 rings (SSSR count). The molecule has 1 aliphatic rings. The third-order valence-corrected chi connectivity index (χ3v) is 4.49. The Labute approximate surface area is 129 Å². The van der Waals surface area contributed by atoms with Crippen molar-refractivity contribution < 1.29 is 4.79 Å². The topological polar surface area (TPSA) is 101 Å². The van der Waals surface area contributed by atoms with E-state index in [9.17, 15) is 4.79 Å². The maximum atomic E-state index is 12.3. The minimum Gasteiger partial charge on any atom is -0.382 e. The largest absolute Gasteiger partial charge is 0.382 e. The number of nitrogens with one attached hydrogen (secondary N) is 1. The number of aromatic nitrogens is 1. The highest BCUT2D eigenvalue weighted by Gasteiger charge is 2.25. The van der Waals surface area contributed by atoms with Gasteiger partial charge < -0.3 is 26.6 Å². The molecule has 0 radical (unpaired) electrons. The molecule has 2 unspecified atom stereocenters. The van der Waals surface area contributed by atoms with Crippen molar-refractivity contribution in [1.29, 1.82) is 0 Å². The third kappa shape index (κ3) is 4.05. The van der Waals surface area contributed by atoms with Gasteiger partial charge in [-0.3, -0.25) is 4.79 Å². The second-order valence-corrected chi connectivity index (χ2v) is 6.82. The maximum absolute atomic E-state index is 12.3. The van der Waals surface area contributed by atoms with Crippen LogP contribution in [0, 0.1) is 0 Å². The Bertz CT molecular complexity index is 503. The molecule has 0 saturated carbocycles. The second kappa shape index (κ2) is 6.59. The van der Waals surface area contributed by atoms with Gasteiger partial charge in [0.15, 0.2) is 5.13 Å². The smallest absolute Gasteiger partial charge is 0.265 e. The Morgan fingerprint density at radius 3 is 2.90 bits per heavy atom. The van der Waals surface area contributed by atoms with Gasteiger partial charge in [-0.25, -0.2) is 4.98 Å². The Kier molecular flexibility index (Phi) is 5.02. The SMILES string of the molecule is CC(CN(C)C)NC(=O)c1sc(N2CCC(N)C2)nc1N. The molecule has 1 saturated heterocycles. The van der Waals surface area contributed by atoms with Gasteiger partial charge in [0.1, 0.15) is 10.7 Å². The van der Waals surface area contributed by atoms with Crippen LogP contribution in [0.15, 0.2) is 0 Å². The highest BCUT2D eigenvalue weighted by molar-refractivity contribution is 7.18. The van der Waals surface area contributed by atoms with Gasteiger partial charge in [0.2, 0.25) is 0 Å². The molecule has 0 aromatic carbocycles. The van der Waals surface area contributed by atoms with Crippen LogP contribution < -0.4 is 21.7 Å². The summed E-state index contributed by atoms with van der Waals surface area (Å²) in [5, 5.41) is 3.73. The Hall–Kier alpha value is -1.38. The minimum absolute atomic E-state index is 0.0534. The van der Waals surface area contributed by atoms with Crippen molar-refractivity contribution in [3.8, 4) is 0 Å². The van der Waals surface area contributed by atoms with Crippen LogP contribution >= 0.6 is 11.3 Å². The summed E-state index contributed by atoms with van der Waals surface area (Å²) in [7, 11) is 3.94. The van der Waals surface area contributed by atoms with Crippen LogP contribution in [-0.2, 0) is 0 Å². The molecule has 118 valence electrons. The Morgan fingerprint density at radius 2 is 2.33 bits per heavy atom. The fraction of sp³-hybridized carbons (Fsp3) is 0.692. The molecule has 0 spiro atoms. The van der Waals surface area contributed by atoms with Gasteiger partial charge in [0, 0.05) is 31.7 Å². The highest BCUT2D eigenvalue weighted by Crippen LogP contribution is 2.30. The van der Waals surface area contributed by atoms with E-state index < -0.39 is 0 Å². The van der Waals surface area contributed by atoms with Crippen LogP contribution in [0.2, 0.25) is 0 Å². The van der Waals surface area contributed by atoms with Crippen molar-refractivity contribution in [3.05, 3.63) is 4.88 Å². The summed E-state index contributed by atoms with van der Waals surface area (Å²) < 4.78 is 0. The number of rotatable bonds is 5. The average molecular weight is 312 g/mol. The lowest BCUT2D eigenvalue weighted by molar-refractivity contribution is 0.0939. The number of carbonyl (C=O) groups is 1. The van der Waals surface area contributed by atoms with Crippen LogP contribution in [0.4, 0.5) is 10.9 Å². The summed E-state index contributed by atoms with van der Waals surface area (Å²) in [6.45, 7) is 4.38. The van der Waals surface area contributed by atoms with Gasteiger partial charge >= 0.3 is 0 Å². The van der Waals surface area contributed by atoms with Crippen molar-refractivity contribution in [2.45, 2.75) is 25.4 Å². The molecule has 1 aromatic rings. The van der Waals surface area contributed by atoms with Crippen molar-refractivity contribution in [2.24, 2.45) is 5.73 Å². The summed E-state index contributed by atoms with van der Waals surface area (Å²) in [4.78, 5) is 21.2. The van der Waals surface area contributed by atoms with Crippen molar-refractivity contribution >= 4 is 28.2 Å². The first-order chi connectivity index (χ1) is 9.86. The highest BCUT2D eigenvalue weighted by atomic mass is 32.1. The van der Waals surface area contributed by atoms with Crippen LogP contribution in [0.3, 0.4) is 0 Å². The predicted molar refractivity (Wildman–Crippen MR) is 86.8 cm³/mol. The molecule has 1 amide bonds. The molecule has 8 heteroatoms. The summed E-state index contributed by atoms with van der Waals surface area (Å²) in [5.74, 6) is 0.138. The number of likely N-dealkylation sites (N-methyl/N-ethyl adjacent to an activating group) is 1. The van der Waals surface area contributed by atoms with Crippen molar-refractivity contribution in [3.63, 3.8) is 0 Å². The zero-order chi connectivity index (χ0) is 15.6. The first-order valence-electron chi connectivity index (χ1n) is 7.09. The molecule has 0 bridgehead atoms. The lowest BCUT2D eigenvalue weighted by Gasteiger charge is -2.17. The lowest BCUT2D eigenvalue weighted by Crippen LogP contribution is -2.39. The van der Waals surface area contributed by atoms with Crippen molar-refractivity contribution in [1.82, 2.24) is 15.2 Å². The third-order valence-electron chi connectivity index (χ3n) is 3.36. The number of carbonyl (C=O) groups excluding carboxylic acids is 1. The Morgan fingerprint density at radius 1 is 1.62 bits per heavy atom. The van der Waals surface area contributed by atoms with E-state index in [4.69, 9.17) is 11.5 Å². The van der Waals surface area contributed by atoms with Gasteiger partial charge in [0.05, 0.1) is 0 Å². The van der Waals surface area contributed by atoms with Crippen LogP contribution in [0.25, 0.3) is 0 Å². The number of nitrogens with zero attached hydrogens (tertiary/aromatic N) is 3. The number of hydrogen-bond acceptors (Lipinski definition) is 7. The molecule has 1 fully saturated rings. The summed E-state index contributed by atoms with van der Waals surface area (Å²) >= 11 is 1.34. The van der Waals surface area contributed by atoms with Crippen LogP contribution in [0.5, 0.6) is 0 Å². The quantitative estimate of drug-likeness (QED) is 0.704. The maximum Gasteiger partial charge on any atom is 0.265 e. The van der Waals surface area contributed by atoms with E-state index in [-0.39, 0.29) is 18.0 Å². The van der Waals surface area contributed by atoms with Gasteiger partial charge in [-0.2, -0.15) is 0 Å². The summed E-state index contributed by atoms with van der Waals surface area (Å²) in [6, 6.07) is 0.227.